The quantitative estimate of drug-likeness (QED) is 0.525. The lowest BCUT2D eigenvalue weighted by Gasteiger charge is -2.18. The topological polar surface area (TPSA) is 133 Å². The van der Waals surface area contributed by atoms with Gasteiger partial charge in [0.15, 0.2) is 0 Å². The van der Waals surface area contributed by atoms with Crippen molar-refractivity contribution in [3.8, 4) is 0 Å². The SMILES string of the molecule is Cc1nn(CCCC(=O)Nc2sc3c(c2C(N)=O)CCC(C)C3)c(C)c1[N+](=O)[O-]. The Hall–Kier alpha value is -2.75. The van der Waals surface area contributed by atoms with E-state index in [4.69, 9.17) is 5.73 Å². The van der Waals surface area contributed by atoms with Crippen LogP contribution >= 0.6 is 11.3 Å². The number of nitrogens with two attached hydrogens (primary N) is 1. The molecule has 3 rings (SSSR count). The first kappa shape index (κ1) is 21.0. The van der Waals surface area contributed by atoms with Crippen molar-refractivity contribution in [1.82, 2.24) is 9.78 Å². The molecule has 3 N–H and O–H groups in total. The normalized spacial score (nSPS) is 15.8. The van der Waals surface area contributed by atoms with Gasteiger partial charge in [0.05, 0.1) is 10.5 Å². The number of fused-ring (bicyclic) bond motifs is 1. The van der Waals surface area contributed by atoms with E-state index in [1.54, 1.807) is 18.5 Å². The molecule has 0 aromatic carbocycles. The van der Waals surface area contributed by atoms with Gasteiger partial charge < -0.3 is 11.1 Å². The number of carbonyl (C=O) groups excluding carboxylic acids is 2. The lowest BCUT2D eigenvalue weighted by Crippen LogP contribution is -2.19. The number of nitrogens with one attached hydrogen (secondary N) is 1. The van der Waals surface area contributed by atoms with E-state index in [1.807, 2.05) is 0 Å². The first-order valence-corrected chi connectivity index (χ1v) is 10.4. The number of hydrogen-bond acceptors (Lipinski definition) is 6. The van der Waals surface area contributed by atoms with Crippen molar-refractivity contribution >= 4 is 33.8 Å². The number of rotatable bonds is 7. The number of amides is 2. The molecule has 10 heteroatoms. The minimum Gasteiger partial charge on any atom is -0.365 e. The maximum Gasteiger partial charge on any atom is 0.312 e. The predicted molar refractivity (Wildman–Crippen MR) is 110 cm³/mol. The molecule has 2 heterocycles. The summed E-state index contributed by atoms with van der Waals surface area (Å²) in [4.78, 5) is 36.2. The maximum absolute atomic E-state index is 12.4. The molecule has 2 aromatic rings. The second kappa shape index (κ2) is 8.32. The molecule has 1 atom stereocenters. The Labute approximate surface area is 172 Å². The van der Waals surface area contributed by atoms with Crippen molar-refractivity contribution in [2.45, 2.75) is 59.4 Å². The number of carbonyl (C=O) groups is 2. The number of aryl methyl sites for hydroxylation is 2. The summed E-state index contributed by atoms with van der Waals surface area (Å²) in [5.41, 5.74) is 7.85. The van der Waals surface area contributed by atoms with Gasteiger partial charge in [-0.2, -0.15) is 5.10 Å². The molecule has 0 saturated carbocycles. The van der Waals surface area contributed by atoms with Crippen LogP contribution in [0.4, 0.5) is 10.7 Å². The number of nitrogens with zero attached hydrogens (tertiary/aromatic N) is 3. The van der Waals surface area contributed by atoms with Crippen LogP contribution < -0.4 is 11.1 Å². The van der Waals surface area contributed by atoms with Crippen LogP contribution in [0.15, 0.2) is 0 Å². The third kappa shape index (κ3) is 4.31. The highest BCUT2D eigenvalue weighted by Crippen LogP contribution is 2.39. The summed E-state index contributed by atoms with van der Waals surface area (Å²) in [7, 11) is 0. The Bertz CT molecular complexity index is 978. The Morgan fingerprint density at radius 3 is 2.76 bits per heavy atom. The maximum atomic E-state index is 12.4. The molecular weight excluding hydrogens is 394 g/mol. The molecule has 2 amide bonds. The number of anilines is 1. The predicted octanol–water partition coefficient (Wildman–Crippen LogP) is 3.11. The van der Waals surface area contributed by atoms with Gasteiger partial charge in [-0.25, -0.2) is 0 Å². The first-order chi connectivity index (χ1) is 13.7. The molecule has 2 aromatic heterocycles. The molecule has 0 spiro atoms. The molecular formula is C19H25N5O4S. The van der Waals surface area contributed by atoms with Crippen molar-refractivity contribution in [3.63, 3.8) is 0 Å². The lowest BCUT2D eigenvalue weighted by molar-refractivity contribution is -0.386. The third-order valence-corrected chi connectivity index (χ3v) is 6.48. The van der Waals surface area contributed by atoms with E-state index < -0.39 is 10.8 Å². The van der Waals surface area contributed by atoms with E-state index in [9.17, 15) is 19.7 Å². The molecule has 156 valence electrons. The minimum absolute atomic E-state index is 0.0129. The Morgan fingerprint density at radius 1 is 1.41 bits per heavy atom. The van der Waals surface area contributed by atoms with E-state index in [1.165, 1.54) is 11.3 Å². The monoisotopic (exact) mass is 419 g/mol. The van der Waals surface area contributed by atoms with E-state index in [0.717, 1.165) is 29.7 Å². The standard InChI is InChI=1S/C19H25N5O4S/c1-10-6-7-13-14(9-10)29-19(16(13)18(20)26)21-15(25)5-4-8-23-12(3)17(24(27)28)11(2)22-23/h10H,4-9H2,1-3H3,(H2,20,26)(H,21,25). The summed E-state index contributed by atoms with van der Waals surface area (Å²) in [6, 6.07) is 0. The van der Waals surface area contributed by atoms with E-state index in [0.29, 0.717) is 40.8 Å². The second-order valence-corrected chi connectivity index (χ2v) is 8.68. The van der Waals surface area contributed by atoms with Gasteiger partial charge >= 0.3 is 5.69 Å². The van der Waals surface area contributed by atoms with Crippen molar-refractivity contribution in [1.29, 1.82) is 0 Å². The molecule has 0 saturated heterocycles. The first-order valence-electron chi connectivity index (χ1n) is 9.61. The van der Waals surface area contributed by atoms with Crippen molar-refractivity contribution in [3.05, 3.63) is 37.5 Å². The average Bonchev–Trinajstić information content (AvgIpc) is 3.10. The van der Waals surface area contributed by atoms with Crippen molar-refractivity contribution in [2.24, 2.45) is 11.7 Å². The highest BCUT2D eigenvalue weighted by Gasteiger charge is 2.27. The summed E-state index contributed by atoms with van der Waals surface area (Å²) in [5.74, 6) is -0.173. The van der Waals surface area contributed by atoms with Gasteiger partial charge in [0.2, 0.25) is 5.91 Å². The zero-order valence-corrected chi connectivity index (χ0v) is 17.6. The van der Waals surface area contributed by atoms with E-state index in [2.05, 4.69) is 17.3 Å². The number of thiophene rings is 1. The molecule has 1 unspecified atom stereocenters. The van der Waals surface area contributed by atoms with Gasteiger partial charge in [-0.1, -0.05) is 6.92 Å². The van der Waals surface area contributed by atoms with Gasteiger partial charge in [-0.3, -0.25) is 24.4 Å². The third-order valence-electron chi connectivity index (χ3n) is 5.31. The van der Waals surface area contributed by atoms with Crippen molar-refractivity contribution in [2.75, 3.05) is 5.32 Å². The fraction of sp³-hybridized carbons (Fsp3) is 0.526. The van der Waals surface area contributed by atoms with Crippen molar-refractivity contribution < 1.29 is 14.5 Å². The van der Waals surface area contributed by atoms with Gasteiger partial charge in [-0.15, -0.1) is 11.3 Å². The van der Waals surface area contributed by atoms with Crippen LogP contribution in [-0.2, 0) is 24.2 Å². The van der Waals surface area contributed by atoms with Crippen LogP contribution in [0.3, 0.4) is 0 Å². The van der Waals surface area contributed by atoms with Crippen LogP contribution in [0.2, 0.25) is 0 Å². The van der Waals surface area contributed by atoms with Gasteiger partial charge in [0, 0.05) is 17.8 Å². The number of aromatic nitrogens is 2. The molecule has 0 radical (unpaired) electrons. The van der Waals surface area contributed by atoms with E-state index in [-0.39, 0.29) is 18.0 Å². The van der Waals surface area contributed by atoms with Crippen LogP contribution in [0.1, 0.15) is 58.4 Å². The fourth-order valence-corrected chi connectivity index (χ4v) is 5.28. The average molecular weight is 420 g/mol. The zero-order chi connectivity index (χ0) is 21.3. The summed E-state index contributed by atoms with van der Waals surface area (Å²) in [5, 5.41) is 18.6. The summed E-state index contributed by atoms with van der Waals surface area (Å²) in [6.45, 7) is 5.82. The number of hydrogen-bond donors (Lipinski definition) is 2. The zero-order valence-electron chi connectivity index (χ0n) is 16.8. The summed E-state index contributed by atoms with van der Waals surface area (Å²) in [6.07, 6.45) is 3.39. The molecule has 9 nitrogen and oxygen atoms in total. The minimum atomic E-state index is -0.512. The van der Waals surface area contributed by atoms with Crippen LogP contribution in [0.25, 0.3) is 0 Å². The Kier molecular flexibility index (Phi) is 6.02. The number of primary amides is 1. The van der Waals surface area contributed by atoms with Crippen LogP contribution in [0.5, 0.6) is 0 Å². The molecule has 0 bridgehead atoms. The van der Waals surface area contributed by atoms with E-state index >= 15 is 0 Å². The molecule has 1 aliphatic carbocycles. The fourth-order valence-electron chi connectivity index (χ4n) is 3.85. The number of nitro groups is 1. The summed E-state index contributed by atoms with van der Waals surface area (Å²) >= 11 is 1.44. The van der Waals surface area contributed by atoms with Crippen LogP contribution in [0, 0.1) is 29.9 Å². The van der Waals surface area contributed by atoms with Gasteiger partial charge in [0.25, 0.3) is 5.91 Å². The van der Waals surface area contributed by atoms with Gasteiger partial charge in [0.1, 0.15) is 16.4 Å². The molecule has 0 fully saturated rings. The van der Waals surface area contributed by atoms with Crippen LogP contribution in [-0.4, -0.2) is 26.5 Å². The summed E-state index contributed by atoms with van der Waals surface area (Å²) < 4.78 is 1.56. The Morgan fingerprint density at radius 2 is 2.14 bits per heavy atom. The highest BCUT2D eigenvalue weighted by molar-refractivity contribution is 7.17. The highest BCUT2D eigenvalue weighted by atomic mass is 32.1. The smallest absolute Gasteiger partial charge is 0.312 e. The largest absolute Gasteiger partial charge is 0.365 e. The van der Waals surface area contributed by atoms with Gasteiger partial charge in [-0.05, 0) is 51.0 Å². The lowest BCUT2D eigenvalue weighted by atomic mass is 9.88. The molecule has 0 aliphatic heterocycles. The molecule has 29 heavy (non-hydrogen) atoms. The second-order valence-electron chi connectivity index (χ2n) is 7.57. The Balaban J connectivity index is 1.64. The molecule has 1 aliphatic rings.